The molecule has 736 valence electrons. The van der Waals surface area contributed by atoms with Gasteiger partial charge in [0, 0.05) is 53.9 Å². The number of rotatable bonds is 16. The zero-order valence-corrected chi connectivity index (χ0v) is 80.2. The Balaban J connectivity index is 0.000000227. The van der Waals surface area contributed by atoms with Gasteiger partial charge < -0.3 is 115 Å². The van der Waals surface area contributed by atoms with Gasteiger partial charge in [0.05, 0.1) is 73.2 Å². The Morgan fingerprint density at radius 2 is 0.437 bits per heavy atom. The molecular weight excluding hydrogens is 1610 g/mol. The summed E-state index contributed by atoms with van der Waals surface area (Å²) in [6, 6.07) is 0. The first-order valence-corrected chi connectivity index (χ1v) is 49.5. The molecule has 0 bridgehead atoms. The Hall–Kier alpha value is -2.84. The average molecular weight is 1790 g/mol. The largest absolute Gasteiger partial charge is 0.412 e. The van der Waals surface area contributed by atoms with E-state index in [-0.39, 0.29) is 197 Å². The maximum Gasteiger partial charge on any atom is 0.219 e. The monoisotopic (exact) mass is 1790 g/mol. The number of amides is 4. The molecule has 0 aromatic rings. The molecular formula is C100H184N4O22. The van der Waals surface area contributed by atoms with Crippen LogP contribution >= 0.6 is 0 Å². The van der Waals surface area contributed by atoms with Crippen molar-refractivity contribution in [1.29, 1.82) is 0 Å². The fourth-order valence-electron chi connectivity index (χ4n) is 35.3. The first-order chi connectivity index (χ1) is 56.5. The Labute approximate surface area is 755 Å². The van der Waals surface area contributed by atoms with Crippen molar-refractivity contribution in [2.75, 3.05) is 28.2 Å². The molecule has 0 heterocycles. The van der Waals surface area contributed by atoms with Crippen LogP contribution in [-0.2, 0) is 19.2 Å². The van der Waals surface area contributed by atoms with Crippen molar-refractivity contribution in [3.05, 3.63) is 0 Å². The van der Waals surface area contributed by atoms with Crippen molar-refractivity contribution in [3.8, 4) is 0 Å². The predicted octanol–water partition coefficient (Wildman–Crippen LogP) is 7.49. The Morgan fingerprint density at radius 3 is 0.603 bits per heavy atom. The lowest BCUT2D eigenvalue weighted by Gasteiger charge is -2.63. The first kappa shape index (κ1) is 110. The smallest absolute Gasteiger partial charge is 0.219 e. The van der Waals surface area contributed by atoms with Gasteiger partial charge in [0.25, 0.3) is 0 Å². The van der Waals surface area contributed by atoms with Crippen LogP contribution in [0.4, 0.5) is 0 Å². The lowest BCUT2D eigenvalue weighted by molar-refractivity contribution is -0.207. The molecule has 16 aliphatic rings. The van der Waals surface area contributed by atoms with Crippen molar-refractivity contribution in [2.45, 2.75) is 387 Å². The number of aliphatic hydroxyl groups is 12. The molecule has 0 aromatic heterocycles. The molecule has 126 heavy (non-hydrogen) atoms. The number of fused-ring (bicyclic) bond motifs is 20. The Morgan fingerprint density at radius 1 is 0.262 bits per heavy atom. The van der Waals surface area contributed by atoms with Crippen molar-refractivity contribution in [1.82, 2.24) is 21.3 Å². The minimum atomic E-state index is -0.353. The fourth-order valence-corrected chi connectivity index (χ4v) is 35.3. The zero-order chi connectivity index (χ0) is 87.4. The molecule has 0 unspecified atom stereocenters. The molecule has 0 radical (unpaired) electrons. The molecule has 0 aromatic carbocycles. The van der Waals surface area contributed by atoms with Crippen LogP contribution in [0, 0.1) is 185 Å². The summed E-state index contributed by atoms with van der Waals surface area (Å²) in [6.45, 7) is 27.6. The van der Waals surface area contributed by atoms with E-state index in [0.717, 1.165) is 205 Å². The van der Waals surface area contributed by atoms with Crippen molar-refractivity contribution >= 4 is 23.6 Å². The topological polar surface area (TPSA) is 548 Å². The van der Waals surface area contributed by atoms with Gasteiger partial charge in [-0.3, -0.25) is 19.2 Å². The summed E-state index contributed by atoms with van der Waals surface area (Å²) in [4.78, 5) is 47.1. The van der Waals surface area contributed by atoms with Gasteiger partial charge in [0.15, 0.2) is 0 Å². The van der Waals surface area contributed by atoms with Gasteiger partial charge in [-0.25, -0.2) is 0 Å². The number of aliphatic hydroxyl groups excluding tert-OH is 12. The Kier molecular flexibility index (Phi) is 37.3. The van der Waals surface area contributed by atoms with Crippen LogP contribution in [0.2, 0.25) is 0 Å². The second kappa shape index (κ2) is 42.6. The van der Waals surface area contributed by atoms with Crippen LogP contribution in [0.1, 0.15) is 314 Å². The molecule has 16 aliphatic carbocycles. The van der Waals surface area contributed by atoms with E-state index in [1.165, 1.54) is 0 Å². The van der Waals surface area contributed by atoms with E-state index in [9.17, 15) is 80.5 Å². The van der Waals surface area contributed by atoms with Gasteiger partial charge in [-0.2, -0.15) is 0 Å². The number of hydrogen-bond donors (Lipinski definition) is 16. The highest BCUT2D eigenvalue weighted by Crippen LogP contribution is 2.74. The van der Waals surface area contributed by atoms with E-state index < -0.39 is 0 Å². The van der Waals surface area contributed by atoms with Gasteiger partial charge in [-0.05, 0) is 391 Å². The molecule has 0 spiro atoms. The SMILES string of the molecule is CNC(=O)CC[C@@H](C)[C@H]1CC[C@H]2[C@@H]3[C@H](O)C[C@@H]4C[C@H](O)CC[C@]4(C)[C@H]3C[C@H](O)[C@]12C.CNC(=O)CC[C@@H](C)[C@H]1CC[C@H]2[C@@H]3[C@H](O)C[C@@H]4C[C@H](O)CC[C@]4(C)[C@H]3C[C@H](O)[C@]12C.CNC(=O)CC[C@@H](C)[C@H]1CC[C@H]2[C@@H]3[C@H](O)C[C@@H]4C[C@H](O)CC[C@]4(C)[C@H]3C[C@H](O)[C@]12C.CNC(=O)CC[C@@H](C)[C@H]1CC[C@H]2[C@@H]3[C@H](O)C[C@@H]4C[C@H](O)CC[C@]4(C)[C@H]3C[C@H](O)[C@]12C.O.O.O.O.O.O. The normalized spacial score (nSPS) is 49.0. The van der Waals surface area contributed by atoms with Crippen molar-refractivity contribution < 1.29 is 113 Å². The first-order valence-electron chi connectivity index (χ1n) is 49.5. The quantitative estimate of drug-likeness (QED) is 0.0711. The third-order valence-electron chi connectivity index (χ3n) is 42.5. The van der Waals surface area contributed by atoms with E-state index >= 15 is 0 Å². The van der Waals surface area contributed by atoms with E-state index in [0.29, 0.717) is 144 Å². The van der Waals surface area contributed by atoms with Crippen LogP contribution in [0.25, 0.3) is 0 Å². The van der Waals surface area contributed by atoms with Gasteiger partial charge >= 0.3 is 0 Å². The summed E-state index contributed by atoms with van der Waals surface area (Å²) >= 11 is 0. The molecule has 28 N–H and O–H groups in total. The summed E-state index contributed by atoms with van der Waals surface area (Å²) in [5.41, 5.74) is -0.238. The third kappa shape index (κ3) is 19.3. The third-order valence-corrected chi connectivity index (χ3v) is 42.5. The standard InChI is InChI=1S/4C25H43NO4.6H2O/c4*1-14(5-8-22(30)26-4)17-6-7-18-23-19(13-21(29)25(17,18)3)24(2)10-9-16(27)11-15(24)12-20(23)28;;;;;;/h4*14-21,23,27-29H,5-13H2,1-4H3,(H,26,30);6*1H2/t4*14-,15+,16-,17-,18+,19+,20-,21+,23+,24+,25-;;;;;;/m1111....../s1. The number of nitrogens with one attached hydrogen (secondary N) is 4. The van der Waals surface area contributed by atoms with E-state index in [1.54, 1.807) is 28.2 Å². The van der Waals surface area contributed by atoms with Crippen LogP contribution < -0.4 is 21.3 Å². The van der Waals surface area contributed by atoms with Crippen LogP contribution in [0.3, 0.4) is 0 Å². The number of hydrogen-bond acceptors (Lipinski definition) is 16. The molecule has 0 aliphatic heterocycles. The van der Waals surface area contributed by atoms with E-state index in [2.05, 4.69) is 104 Å². The van der Waals surface area contributed by atoms with E-state index in [1.807, 2.05) is 0 Å². The molecule has 4 amide bonds. The fraction of sp³-hybridized carbons (Fsp3) is 0.960. The minimum Gasteiger partial charge on any atom is -0.412 e. The van der Waals surface area contributed by atoms with Crippen LogP contribution in [-0.4, -0.2) is 219 Å². The molecule has 26 heteroatoms. The minimum absolute atomic E-state index is 0. The molecule has 0 saturated heterocycles. The van der Waals surface area contributed by atoms with Crippen molar-refractivity contribution in [3.63, 3.8) is 0 Å². The number of carbonyl (C=O) groups is 4. The molecule has 16 fully saturated rings. The molecule has 26 nitrogen and oxygen atoms in total. The summed E-state index contributed by atoms with van der Waals surface area (Å²) in [5.74, 6) is 8.69. The van der Waals surface area contributed by atoms with Crippen LogP contribution in [0.5, 0.6) is 0 Å². The van der Waals surface area contributed by atoms with Crippen molar-refractivity contribution in [2.24, 2.45) is 185 Å². The highest BCUT2D eigenvalue weighted by Gasteiger charge is 2.71. The highest BCUT2D eigenvalue weighted by molar-refractivity contribution is 5.76. The van der Waals surface area contributed by atoms with Gasteiger partial charge in [0.1, 0.15) is 0 Å². The van der Waals surface area contributed by atoms with Gasteiger partial charge in [-0.1, -0.05) is 83.1 Å². The summed E-state index contributed by atoms with van der Waals surface area (Å²) in [5, 5.41) is 143. The average Bonchev–Trinajstić information content (AvgIpc) is 1.51. The van der Waals surface area contributed by atoms with Gasteiger partial charge in [-0.15, -0.1) is 0 Å². The molecule has 44 atom stereocenters. The lowest BCUT2D eigenvalue weighted by atomic mass is 9.43. The highest BCUT2D eigenvalue weighted by atomic mass is 16.3. The molecule has 16 saturated carbocycles. The second-order valence-corrected chi connectivity index (χ2v) is 46.9. The summed E-state index contributed by atoms with van der Waals surface area (Å²) in [6.07, 6.45) is 27.5. The molecule has 16 rings (SSSR count). The second-order valence-electron chi connectivity index (χ2n) is 46.9. The van der Waals surface area contributed by atoms with Gasteiger partial charge in [0.2, 0.25) is 23.6 Å². The Bertz CT molecular complexity index is 3080. The summed E-state index contributed by atoms with van der Waals surface area (Å²) in [7, 11) is 6.75. The maximum absolute atomic E-state index is 11.8. The maximum atomic E-state index is 11.8. The zero-order valence-electron chi connectivity index (χ0n) is 80.2. The summed E-state index contributed by atoms with van der Waals surface area (Å²) < 4.78 is 0. The predicted molar refractivity (Wildman–Crippen MR) is 488 cm³/mol. The van der Waals surface area contributed by atoms with Crippen LogP contribution in [0.15, 0.2) is 0 Å². The van der Waals surface area contributed by atoms with E-state index in [4.69, 9.17) is 0 Å². The lowest BCUT2D eigenvalue weighted by Crippen LogP contribution is -2.62. The number of carbonyl (C=O) groups excluding carboxylic acids is 4.